The van der Waals surface area contributed by atoms with Crippen LogP contribution in [0.2, 0.25) is 0 Å². The lowest BCUT2D eigenvalue weighted by Crippen LogP contribution is -2.32. The maximum absolute atomic E-state index is 12.3. The minimum atomic E-state index is -0.950. The predicted molar refractivity (Wildman–Crippen MR) is 153 cm³/mol. The number of amides is 3. The van der Waals surface area contributed by atoms with E-state index in [9.17, 15) is 14.4 Å². The van der Waals surface area contributed by atoms with Crippen LogP contribution in [-0.4, -0.2) is 44.3 Å². The zero-order valence-electron chi connectivity index (χ0n) is 21.0. The summed E-state index contributed by atoms with van der Waals surface area (Å²) in [6, 6.07) is 17.6. The molecule has 38 heavy (non-hydrogen) atoms. The Bertz CT molecular complexity index is 1330. The van der Waals surface area contributed by atoms with Gasteiger partial charge >= 0.3 is 11.8 Å². The molecule has 0 spiro atoms. The molecule has 0 saturated heterocycles. The number of carbonyl (C=O) groups excluding carboxylic acids is 3. The Morgan fingerprint density at radius 3 is 2.39 bits per heavy atom. The van der Waals surface area contributed by atoms with Gasteiger partial charge < -0.3 is 24.8 Å². The number of aryl methyl sites for hydroxylation is 1. The second-order valence-electron chi connectivity index (χ2n) is 7.82. The predicted octanol–water partition coefficient (Wildman–Crippen LogP) is 4.11. The molecule has 0 radical (unpaired) electrons. The van der Waals surface area contributed by atoms with Gasteiger partial charge in [0.1, 0.15) is 5.75 Å². The molecule has 3 amide bonds. The first kappa shape index (κ1) is 28.4. The van der Waals surface area contributed by atoms with Gasteiger partial charge in [0.05, 0.1) is 29.2 Å². The Morgan fingerprint density at radius 2 is 1.68 bits per heavy atom. The standard InChI is InChI=1S/C27H27IN4O6/c1-4-37-22-8-6-5-7-21(22)31-26(34)27(35)32-29-15-18-13-20(28)25(23(14-18)36-3)38-16-24(33)30-19-11-9-17(2)10-12-19/h5-15H,4,16H2,1-3H3,(H,30,33)(H,31,34)(H,32,35)/b29-15-. The molecule has 0 atom stereocenters. The summed E-state index contributed by atoms with van der Waals surface area (Å²) >= 11 is 2.05. The molecule has 3 aromatic rings. The van der Waals surface area contributed by atoms with Gasteiger partial charge in [-0.3, -0.25) is 14.4 Å². The molecule has 0 unspecified atom stereocenters. The van der Waals surface area contributed by atoms with Crippen molar-refractivity contribution in [2.24, 2.45) is 5.10 Å². The molecule has 0 bridgehead atoms. The monoisotopic (exact) mass is 630 g/mol. The zero-order chi connectivity index (χ0) is 27.5. The maximum Gasteiger partial charge on any atom is 0.329 e. The molecule has 0 fully saturated rings. The zero-order valence-corrected chi connectivity index (χ0v) is 23.2. The number of methoxy groups -OCH3 is 1. The summed E-state index contributed by atoms with van der Waals surface area (Å²) in [7, 11) is 1.47. The average Bonchev–Trinajstić information content (AvgIpc) is 2.90. The Morgan fingerprint density at radius 1 is 0.947 bits per heavy atom. The van der Waals surface area contributed by atoms with Crippen molar-refractivity contribution >= 4 is 57.9 Å². The second kappa shape index (κ2) is 14.0. The molecule has 0 aliphatic carbocycles. The molecular weight excluding hydrogens is 603 g/mol. The highest BCUT2D eigenvalue weighted by Gasteiger charge is 2.16. The van der Waals surface area contributed by atoms with E-state index in [0.29, 0.717) is 44.4 Å². The first-order chi connectivity index (χ1) is 18.3. The summed E-state index contributed by atoms with van der Waals surface area (Å²) in [6.07, 6.45) is 1.36. The van der Waals surface area contributed by atoms with Crippen molar-refractivity contribution < 1.29 is 28.6 Å². The van der Waals surface area contributed by atoms with Gasteiger partial charge in [-0.1, -0.05) is 29.8 Å². The van der Waals surface area contributed by atoms with Gasteiger partial charge in [0.2, 0.25) is 0 Å². The average molecular weight is 630 g/mol. The minimum absolute atomic E-state index is 0.217. The molecule has 198 valence electrons. The van der Waals surface area contributed by atoms with E-state index in [0.717, 1.165) is 5.56 Å². The normalized spacial score (nSPS) is 10.5. The highest BCUT2D eigenvalue weighted by Crippen LogP contribution is 2.33. The second-order valence-corrected chi connectivity index (χ2v) is 8.98. The lowest BCUT2D eigenvalue weighted by atomic mass is 10.2. The fraction of sp³-hybridized carbons (Fsp3) is 0.185. The van der Waals surface area contributed by atoms with Gasteiger partial charge in [-0.05, 0) is 78.4 Å². The van der Waals surface area contributed by atoms with E-state index in [1.54, 1.807) is 36.4 Å². The largest absolute Gasteiger partial charge is 0.493 e. The summed E-state index contributed by atoms with van der Waals surface area (Å²) < 4.78 is 17.2. The van der Waals surface area contributed by atoms with E-state index in [2.05, 4.69) is 21.2 Å². The van der Waals surface area contributed by atoms with E-state index in [-0.39, 0.29) is 12.5 Å². The van der Waals surface area contributed by atoms with Crippen LogP contribution < -0.4 is 30.3 Å². The molecule has 0 aliphatic heterocycles. The van der Waals surface area contributed by atoms with Crippen molar-refractivity contribution in [3.8, 4) is 17.2 Å². The van der Waals surface area contributed by atoms with E-state index >= 15 is 0 Å². The van der Waals surface area contributed by atoms with Crippen molar-refractivity contribution in [2.45, 2.75) is 13.8 Å². The van der Waals surface area contributed by atoms with E-state index < -0.39 is 11.8 Å². The molecule has 3 N–H and O–H groups in total. The van der Waals surface area contributed by atoms with Crippen LogP contribution in [0.5, 0.6) is 17.2 Å². The lowest BCUT2D eigenvalue weighted by molar-refractivity contribution is -0.136. The van der Waals surface area contributed by atoms with Gasteiger partial charge in [-0.15, -0.1) is 0 Å². The first-order valence-electron chi connectivity index (χ1n) is 11.5. The maximum atomic E-state index is 12.3. The minimum Gasteiger partial charge on any atom is -0.493 e. The Balaban J connectivity index is 1.58. The number of ether oxygens (including phenoxy) is 3. The van der Waals surface area contributed by atoms with Crippen molar-refractivity contribution in [1.82, 2.24) is 5.43 Å². The van der Waals surface area contributed by atoms with Crippen LogP contribution in [0, 0.1) is 10.5 Å². The Hall–Kier alpha value is -4.13. The van der Waals surface area contributed by atoms with Gasteiger partial charge in [0.15, 0.2) is 18.1 Å². The van der Waals surface area contributed by atoms with Crippen molar-refractivity contribution in [3.05, 3.63) is 75.4 Å². The number of hydrogen-bond donors (Lipinski definition) is 3. The van der Waals surface area contributed by atoms with Crippen molar-refractivity contribution in [3.63, 3.8) is 0 Å². The Kier molecular flexibility index (Phi) is 10.5. The number of halogens is 1. The molecule has 0 aromatic heterocycles. The SMILES string of the molecule is CCOc1ccccc1NC(=O)C(=O)N/N=C\c1cc(I)c(OCC(=O)Nc2ccc(C)cc2)c(OC)c1. The summed E-state index contributed by atoms with van der Waals surface area (Å²) in [5, 5.41) is 9.13. The number of nitrogens with zero attached hydrogens (tertiary/aromatic N) is 1. The highest BCUT2D eigenvalue weighted by atomic mass is 127. The number of anilines is 2. The third kappa shape index (κ3) is 8.20. The smallest absolute Gasteiger partial charge is 0.329 e. The van der Waals surface area contributed by atoms with Gasteiger partial charge in [-0.25, -0.2) is 5.43 Å². The molecule has 10 nitrogen and oxygen atoms in total. The number of hydrazone groups is 1. The summed E-state index contributed by atoms with van der Waals surface area (Å²) in [5.74, 6) is -0.944. The number of para-hydroxylation sites is 2. The fourth-order valence-electron chi connectivity index (χ4n) is 3.17. The van der Waals surface area contributed by atoms with Crippen LogP contribution in [0.15, 0.2) is 65.8 Å². The van der Waals surface area contributed by atoms with Gasteiger partial charge in [0, 0.05) is 5.69 Å². The van der Waals surface area contributed by atoms with Gasteiger partial charge in [0.25, 0.3) is 5.91 Å². The highest BCUT2D eigenvalue weighted by molar-refractivity contribution is 14.1. The number of rotatable bonds is 10. The number of hydrogen-bond acceptors (Lipinski definition) is 7. The fourth-order valence-corrected chi connectivity index (χ4v) is 3.95. The molecule has 0 saturated carbocycles. The molecule has 3 rings (SSSR count). The molecule has 11 heteroatoms. The quantitative estimate of drug-likeness (QED) is 0.134. The Labute approximate surface area is 233 Å². The van der Waals surface area contributed by atoms with Crippen LogP contribution in [0.3, 0.4) is 0 Å². The van der Waals surface area contributed by atoms with Crippen LogP contribution in [0.1, 0.15) is 18.1 Å². The first-order valence-corrected chi connectivity index (χ1v) is 12.6. The van der Waals surface area contributed by atoms with Gasteiger partial charge in [-0.2, -0.15) is 5.10 Å². The molecule has 0 heterocycles. The molecule has 0 aliphatic rings. The molecular formula is C27H27IN4O6. The third-order valence-corrected chi connectivity index (χ3v) is 5.76. The topological polar surface area (TPSA) is 127 Å². The lowest BCUT2D eigenvalue weighted by Gasteiger charge is -2.13. The number of carbonyl (C=O) groups is 3. The van der Waals surface area contributed by atoms with Crippen LogP contribution in [0.4, 0.5) is 11.4 Å². The van der Waals surface area contributed by atoms with Crippen LogP contribution in [-0.2, 0) is 14.4 Å². The number of nitrogens with one attached hydrogen (secondary N) is 3. The van der Waals surface area contributed by atoms with Crippen molar-refractivity contribution in [2.75, 3.05) is 31.0 Å². The summed E-state index contributed by atoms with van der Waals surface area (Å²) in [4.78, 5) is 36.7. The van der Waals surface area contributed by atoms with E-state index in [4.69, 9.17) is 14.2 Å². The number of benzene rings is 3. The van der Waals surface area contributed by atoms with E-state index in [1.165, 1.54) is 13.3 Å². The third-order valence-electron chi connectivity index (χ3n) is 4.96. The summed E-state index contributed by atoms with van der Waals surface area (Å²) in [5.41, 5.74) is 4.90. The van der Waals surface area contributed by atoms with Crippen LogP contribution >= 0.6 is 22.6 Å². The van der Waals surface area contributed by atoms with Crippen molar-refractivity contribution in [1.29, 1.82) is 0 Å². The van der Waals surface area contributed by atoms with Crippen LogP contribution in [0.25, 0.3) is 0 Å². The molecule has 3 aromatic carbocycles. The summed E-state index contributed by atoms with van der Waals surface area (Å²) in [6.45, 7) is 3.98. The van der Waals surface area contributed by atoms with E-state index in [1.807, 2.05) is 60.7 Å².